The minimum absolute atomic E-state index is 0.104. The van der Waals surface area contributed by atoms with Crippen LogP contribution < -0.4 is 4.74 Å². The highest BCUT2D eigenvalue weighted by atomic mass is 16.5. The number of ether oxygens (including phenoxy) is 1. The van der Waals surface area contributed by atoms with E-state index in [0.717, 1.165) is 5.56 Å². The summed E-state index contributed by atoms with van der Waals surface area (Å²) in [6.45, 7) is 1.98. The van der Waals surface area contributed by atoms with Crippen LogP contribution in [0.1, 0.15) is 34.2 Å². The largest absolute Gasteiger partial charge is 0.481 e. The number of aryl methyl sites for hydroxylation is 1. The van der Waals surface area contributed by atoms with Crippen LogP contribution in [-0.2, 0) is 0 Å². The van der Waals surface area contributed by atoms with Gasteiger partial charge < -0.3 is 9.15 Å². The number of benzene rings is 1. The fourth-order valence-corrected chi connectivity index (χ4v) is 2.06. The Morgan fingerprint density at radius 2 is 2.18 bits per heavy atom. The Hall–Kier alpha value is -2.03. The predicted octanol–water partition coefficient (Wildman–Crippen LogP) is 3.29. The molecule has 0 amide bonds. The van der Waals surface area contributed by atoms with Crippen LogP contribution >= 0.6 is 0 Å². The third kappa shape index (κ3) is 1.73. The average Bonchev–Trinajstić information content (AvgIpc) is 2.81. The number of ketones is 1. The van der Waals surface area contributed by atoms with Crippen molar-refractivity contribution in [3.05, 3.63) is 53.5 Å². The molecule has 17 heavy (non-hydrogen) atoms. The summed E-state index contributed by atoms with van der Waals surface area (Å²) in [5.41, 5.74) is 1.75. The number of hydrogen-bond acceptors (Lipinski definition) is 3. The molecule has 0 saturated carbocycles. The van der Waals surface area contributed by atoms with Crippen LogP contribution in [0.2, 0.25) is 0 Å². The van der Waals surface area contributed by atoms with Crippen LogP contribution in [0, 0.1) is 6.92 Å². The van der Waals surface area contributed by atoms with E-state index in [0.29, 0.717) is 23.5 Å². The highest BCUT2D eigenvalue weighted by Crippen LogP contribution is 2.35. The first-order valence-electron chi connectivity index (χ1n) is 5.58. The predicted molar refractivity (Wildman–Crippen MR) is 62.2 cm³/mol. The number of furan rings is 1. The van der Waals surface area contributed by atoms with Crippen molar-refractivity contribution in [1.82, 2.24) is 0 Å². The first kappa shape index (κ1) is 10.1. The first-order valence-corrected chi connectivity index (χ1v) is 5.58. The zero-order valence-corrected chi connectivity index (χ0v) is 9.47. The summed E-state index contributed by atoms with van der Waals surface area (Å²) in [5.74, 6) is 1.46. The van der Waals surface area contributed by atoms with Gasteiger partial charge in [0.1, 0.15) is 11.5 Å². The van der Waals surface area contributed by atoms with Crippen molar-refractivity contribution in [2.45, 2.75) is 19.4 Å². The van der Waals surface area contributed by atoms with Gasteiger partial charge in [0.2, 0.25) is 0 Å². The van der Waals surface area contributed by atoms with Crippen LogP contribution in [0.15, 0.2) is 41.0 Å². The summed E-state index contributed by atoms with van der Waals surface area (Å²) in [4.78, 5) is 12.0. The molecule has 1 aromatic heterocycles. The standard InChI is InChI=1S/C14H12O3/c1-9-4-5-10-11(15)8-14(17-13(10)7-9)12-3-2-6-16-12/h2-7,14H,8H2,1H3. The van der Waals surface area contributed by atoms with E-state index >= 15 is 0 Å². The molecule has 86 valence electrons. The van der Waals surface area contributed by atoms with Crippen molar-refractivity contribution in [3.8, 4) is 5.75 Å². The van der Waals surface area contributed by atoms with Gasteiger partial charge in [0.15, 0.2) is 11.9 Å². The lowest BCUT2D eigenvalue weighted by Crippen LogP contribution is -2.19. The highest BCUT2D eigenvalue weighted by molar-refractivity contribution is 6.00. The van der Waals surface area contributed by atoms with Crippen LogP contribution in [0.3, 0.4) is 0 Å². The summed E-state index contributed by atoms with van der Waals surface area (Å²) in [6, 6.07) is 9.27. The van der Waals surface area contributed by atoms with Gasteiger partial charge >= 0.3 is 0 Å². The lowest BCUT2D eigenvalue weighted by molar-refractivity contribution is 0.0817. The summed E-state index contributed by atoms with van der Waals surface area (Å²) in [5, 5.41) is 0. The van der Waals surface area contributed by atoms with Gasteiger partial charge in [-0.25, -0.2) is 0 Å². The molecule has 1 atom stereocenters. The Kier molecular flexibility index (Phi) is 2.25. The van der Waals surface area contributed by atoms with E-state index in [2.05, 4.69) is 0 Å². The third-order valence-electron chi connectivity index (χ3n) is 2.94. The number of rotatable bonds is 1. The van der Waals surface area contributed by atoms with E-state index in [1.807, 2.05) is 31.2 Å². The number of Topliss-reactive ketones (excluding diaryl/α,β-unsaturated/α-hetero) is 1. The fraction of sp³-hybridized carbons (Fsp3) is 0.214. The molecule has 1 aliphatic heterocycles. The number of carbonyl (C=O) groups is 1. The molecule has 3 heteroatoms. The topological polar surface area (TPSA) is 39.4 Å². The zero-order valence-electron chi connectivity index (χ0n) is 9.47. The van der Waals surface area contributed by atoms with Gasteiger partial charge in [0, 0.05) is 0 Å². The smallest absolute Gasteiger partial charge is 0.170 e. The SMILES string of the molecule is Cc1ccc2c(c1)OC(c1ccco1)CC2=O. The number of hydrogen-bond donors (Lipinski definition) is 0. The molecule has 2 aromatic rings. The minimum Gasteiger partial charge on any atom is -0.481 e. The Morgan fingerprint density at radius 3 is 2.94 bits per heavy atom. The quantitative estimate of drug-likeness (QED) is 0.751. The van der Waals surface area contributed by atoms with Gasteiger partial charge in [-0.3, -0.25) is 4.79 Å². The normalized spacial score (nSPS) is 18.6. The molecule has 3 rings (SSSR count). The van der Waals surface area contributed by atoms with Gasteiger partial charge in [-0.05, 0) is 36.8 Å². The van der Waals surface area contributed by atoms with Crippen molar-refractivity contribution >= 4 is 5.78 Å². The van der Waals surface area contributed by atoms with E-state index in [-0.39, 0.29) is 11.9 Å². The Balaban J connectivity index is 2.00. The lowest BCUT2D eigenvalue weighted by atomic mass is 9.98. The molecule has 0 N–H and O–H groups in total. The average molecular weight is 228 g/mol. The molecular weight excluding hydrogens is 216 g/mol. The Labute approximate surface area is 99.0 Å². The highest BCUT2D eigenvalue weighted by Gasteiger charge is 2.29. The minimum atomic E-state index is -0.299. The third-order valence-corrected chi connectivity index (χ3v) is 2.94. The van der Waals surface area contributed by atoms with Gasteiger partial charge in [0.25, 0.3) is 0 Å². The molecule has 0 aliphatic carbocycles. The lowest BCUT2D eigenvalue weighted by Gasteiger charge is -2.23. The zero-order chi connectivity index (χ0) is 11.8. The van der Waals surface area contributed by atoms with Crippen LogP contribution in [0.4, 0.5) is 0 Å². The first-order chi connectivity index (χ1) is 8.24. The van der Waals surface area contributed by atoms with Gasteiger partial charge in [-0.15, -0.1) is 0 Å². The molecule has 0 saturated heterocycles. The fourth-order valence-electron chi connectivity index (χ4n) is 2.06. The molecule has 2 heterocycles. The maximum atomic E-state index is 12.0. The molecule has 0 spiro atoms. The summed E-state index contributed by atoms with van der Waals surface area (Å²) in [6.07, 6.45) is 1.63. The van der Waals surface area contributed by atoms with Crippen LogP contribution in [-0.4, -0.2) is 5.78 Å². The summed E-state index contributed by atoms with van der Waals surface area (Å²) in [7, 11) is 0. The second kappa shape index (κ2) is 3.77. The number of carbonyl (C=O) groups excluding carboxylic acids is 1. The number of fused-ring (bicyclic) bond motifs is 1. The van der Waals surface area contributed by atoms with Gasteiger partial charge in [-0.1, -0.05) is 6.07 Å². The van der Waals surface area contributed by atoms with Crippen molar-refractivity contribution in [1.29, 1.82) is 0 Å². The van der Waals surface area contributed by atoms with E-state index in [1.165, 1.54) is 0 Å². The Morgan fingerprint density at radius 1 is 1.29 bits per heavy atom. The summed E-state index contributed by atoms with van der Waals surface area (Å²) >= 11 is 0. The maximum absolute atomic E-state index is 12.0. The van der Waals surface area contributed by atoms with Crippen molar-refractivity contribution < 1.29 is 13.9 Å². The van der Waals surface area contributed by atoms with E-state index in [4.69, 9.17) is 9.15 Å². The van der Waals surface area contributed by atoms with Crippen LogP contribution in [0.25, 0.3) is 0 Å². The summed E-state index contributed by atoms with van der Waals surface area (Å²) < 4.78 is 11.1. The van der Waals surface area contributed by atoms with E-state index in [1.54, 1.807) is 12.3 Å². The molecule has 1 unspecified atom stereocenters. The monoisotopic (exact) mass is 228 g/mol. The van der Waals surface area contributed by atoms with E-state index < -0.39 is 0 Å². The maximum Gasteiger partial charge on any atom is 0.170 e. The van der Waals surface area contributed by atoms with Crippen molar-refractivity contribution in [2.24, 2.45) is 0 Å². The molecule has 1 aromatic carbocycles. The molecule has 0 fully saturated rings. The second-order valence-corrected chi connectivity index (χ2v) is 4.25. The van der Waals surface area contributed by atoms with Crippen molar-refractivity contribution in [3.63, 3.8) is 0 Å². The molecule has 0 radical (unpaired) electrons. The Bertz CT molecular complexity index is 555. The second-order valence-electron chi connectivity index (χ2n) is 4.25. The molecule has 1 aliphatic rings. The van der Waals surface area contributed by atoms with Crippen molar-refractivity contribution in [2.75, 3.05) is 0 Å². The molecular formula is C14H12O3. The van der Waals surface area contributed by atoms with Gasteiger partial charge in [-0.2, -0.15) is 0 Å². The van der Waals surface area contributed by atoms with Crippen LogP contribution in [0.5, 0.6) is 5.75 Å². The van der Waals surface area contributed by atoms with E-state index in [9.17, 15) is 4.79 Å². The molecule has 3 nitrogen and oxygen atoms in total. The van der Waals surface area contributed by atoms with Gasteiger partial charge in [0.05, 0.1) is 18.2 Å². The molecule has 0 bridgehead atoms.